The van der Waals surface area contributed by atoms with E-state index in [9.17, 15) is 9.59 Å². The second kappa shape index (κ2) is 7.47. The van der Waals surface area contributed by atoms with E-state index in [4.69, 9.17) is 16.3 Å². The Morgan fingerprint density at radius 3 is 2.55 bits per heavy atom. The van der Waals surface area contributed by atoms with E-state index in [1.165, 1.54) is 7.11 Å². The highest BCUT2D eigenvalue weighted by molar-refractivity contribution is 6.40. The third-order valence-corrected chi connectivity index (χ3v) is 3.95. The Bertz CT molecular complexity index is 557. The van der Waals surface area contributed by atoms with Crippen molar-refractivity contribution in [2.75, 3.05) is 45.2 Å². The molecule has 6 nitrogen and oxygen atoms in total. The standard InChI is InChI=1S/C15H20ClN3O3/c1-3-18-6-8-19(9-7-18)15(21)14(20)17-12-10-11(16)4-5-13(12)22-2/h4-5,10H,3,6-9H2,1-2H3,(H,17,20). The van der Waals surface area contributed by atoms with E-state index in [-0.39, 0.29) is 0 Å². The number of hydrogen-bond acceptors (Lipinski definition) is 4. The lowest BCUT2D eigenvalue weighted by Crippen LogP contribution is -2.51. The molecule has 2 amide bonds. The van der Waals surface area contributed by atoms with Gasteiger partial charge in [0, 0.05) is 31.2 Å². The normalized spacial score (nSPS) is 15.5. The van der Waals surface area contributed by atoms with Gasteiger partial charge in [-0.2, -0.15) is 0 Å². The number of rotatable bonds is 3. The van der Waals surface area contributed by atoms with Crippen molar-refractivity contribution >= 4 is 29.1 Å². The van der Waals surface area contributed by atoms with E-state index >= 15 is 0 Å². The van der Waals surface area contributed by atoms with Crippen LogP contribution in [0.3, 0.4) is 0 Å². The Hall–Kier alpha value is -1.79. The fourth-order valence-corrected chi connectivity index (χ4v) is 2.54. The molecule has 1 fully saturated rings. The molecule has 1 aliphatic heterocycles. The highest BCUT2D eigenvalue weighted by Crippen LogP contribution is 2.27. The molecular weight excluding hydrogens is 306 g/mol. The van der Waals surface area contributed by atoms with Crippen LogP contribution in [0.25, 0.3) is 0 Å². The minimum atomic E-state index is -0.675. The van der Waals surface area contributed by atoms with Crippen molar-refractivity contribution in [2.45, 2.75) is 6.92 Å². The fraction of sp³-hybridized carbons (Fsp3) is 0.467. The summed E-state index contributed by atoms with van der Waals surface area (Å²) >= 11 is 5.91. The highest BCUT2D eigenvalue weighted by Gasteiger charge is 2.26. The molecule has 1 aromatic carbocycles. The summed E-state index contributed by atoms with van der Waals surface area (Å²) in [6.45, 7) is 5.73. The van der Waals surface area contributed by atoms with Gasteiger partial charge in [0.1, 0.15) is 5.75 Å². The van der Waals surface area contributed by atoms with Crippen LogP contribution < -0.4 is 10.1 Å². The van der Waals surface area contributed by atoms with Crippen molar-refractivity contribution in [1.29, 1.82) is 0 Å². The predicted molar refractivity (Wildman–Crippen MR) is 85.3 cm³/mol. The fourth-order valence-electron chi connectivity index (χ4n) is 2.36. The lowest BCUT2D eigenvalue weighted by Gasteiger charge is -2.33. The molecule has 0 radical (unpaired) electrons. The van der Waals surface area contributed by atoms with Crippen LogP contribution in [0.2, 0.25) is 5.02 Å². The molecule has 0 unspecified atom stereocenters. The molecule has 1 heterocycles. The smallest absolute Gasteiger partial charge is 0.314 e. The summed E-state index contributed by atoms with van der Waals surface area (Å²) in [5, 5.41) is 3.03. The van der Waals surface area contributed by atoms with Gasteiger partial charge in [-0.1, -0.05) is 18.5 Å². The van der Waals surface area contributed by atoms with Crippen molar-refractivity contribution in [3.8, 4) is 5.75 Å². The SMILES string of the molecule is CCN1CCN(C(=O)C(=O)Nc2cc(Cl)ccc2OC)CC1. The molecule has 1 N–H and O–H groups in total. The van der Waals surface area contributed by atoms with E-state index < -0.39 is 11.8 Å². The van der Waals surface area contributed by atoms with Crippen molar-refractivity contribution < 1.29 is 14.3 Å². The molecule has 7 heteroatoms. The van der Waals surface area contributed by atoms with Gasteiger partial charge < -0.3 is 19.9 Å². The van der Waals surface area contributed by atoms with Crippen LogP contribution in [0.15, 0.2) is 18.2 Å². The van der Waals surface area contributed by atoms with Gasteiger partial charge >= 0.3 is 11.8 Å². The number of carbonyl (C=O) groups is 2. The van der Waals surface area contributed by atoms with Crippen molar-refractivity contribution in [3.05, 3.63) is 23.2 Å². The molecule has 0 aliphatic carbocycles. The molecule has 1 saturated heterocycles. The molecule has 0 atom stereocenters. The Labute approximate surface area is 135 Å². The van der Waals surface area contributed by atoms with Gasteiger partial charge in [0.05, 0.1) is 12.8 Å². The molecule has 0 bridgehead atoms. The zero-order valence-electron chi connectivity index (χ0n) is 12.8. The summed E-state index contributed by atoms with van der Waals surface area (Å²) in [5.41, 5.74) is 0.389. The monoisotopic (exact) mass is 325 g/mol. The zero-order chi connectivity index (χ0) is 16.1. The van der Waals surface area contributed by atoms with E-state index in [0.29, 0.717) is 29.5 Å². The molecule has 1 aromatic rings. The van der Waals surface area contributed by atoms with Crippen LogP contribution in [-0.2, 0) is 9.59 Å². The number of piperazine rings is 1. The number of hydrogen-bond donors (Lipinski definition) is 1. The molecule has 2 rings (SSSR count). The molecule has 22 heavy (non-hydrogen) atoms. The van der Waals surface area contributed by atoms with Gasteiger partial charge in [0.25, 0.3) is 0 Å². The number of likely N-dealkylation sites (N-methyl/N-ethyl adjacent to an activating group) is 1. The van der Waals surface area contributed by atoms with E-state index in [0.717, 1.165) is 19.6 Å². The van der Waals surface area contributed by atoms with Gasteiger partial charge in [-0.15, -0.1) is 0 Å². The van der Waals surface area contributed by atoms with Crippen molar-refractivity contribution in [3.63, 3.8) is 0 Å². The lowest BCUT2D eigenvalue weighted by molar-refractivity contribution is -0.144. The first kappa shape index (κ1) is 16.6. The van der Waals surface area contributed by atoms with Crippen molar-refractivity contribution in [1.82, 2.24) is 9.80 Å². The van der Waals surface area contributed by atoms with E-state index in [1.54, 1.807) is 23.1 Å². The number of amides is 2. The van der Waals surface area contributed by atoms with Gasteiger partial charge in [0.2, 0.25) is 0 Å². The first-order chi connectivity index (χ1) is 10.5. The summed E-state index contributed by atoms with van der Waals surface area (Å²) in [4.78, 5) is 28.1. The Morgan fingerprint density at radius 1 is 1.27 bits per heavy atom. The van der Waals surface area contributed by atoms with Crippen molar-refractivity contribution in [2.24, 2.45) is 0 Å². The first-order valence-corrected chi connectivity index (χ1v) is 7.59. The average molecular weight is 326 g/mol. The maximum atomic E-state index is 12.2. The molecule has 0 aromatic heterocycles. The third-order valence-electron chi connectivity index (χ3n) is 3.71. The maximum Gasteiger partial charge on any atom is 0.314 e. The minimum absolute atomic E-state index is 0.389. The molecular formula is C15H20ClN3O3. The number of benzene rings is 1. The summed E-state index contributed by atoms with van der Waals surface area (Å²) in [7, 11) is 1.49. The minimum Gasteiger partial charge on any atom is -0.495 e. The number of carbonyl (C=O) groups excluding carboxylic acids is 2. The number of nitrogens with zero attached hydrogens (tertiary/aromatic N) is 2. The second-order valence-corrected chi connectivity index (χ2v) is 5.46. The van der Waals surface area contributed by atoms with Crippen LogP contribution in [0.4, 0.5) is 5.69 Å². The second-order valence-electron chi connectivity index (χ2n) is 5.03. The number of ether oxygens (including phenoxy) is 1. The van der Waals surface area contributed by atoms with Gasteiger partial charge in [0.15, 0.2) is 0 Å². The van der Waals surface area contributed by atoms with E-state index in [2.05, 4.69) is 17.1 Å². The average Bonchev–Trinajstić information content (AvgIpc) is 2.54. The number of halogens is 1. The highest BCUT2D eigenvalue weighted by atomic mass is 35.5. The Balaban J connectivity index is 2.00. The van der Waals surface area contributed by atoms with Crippen LogP contribution in [0, 0.1) is 0 Å². The molecule has 0 spiro atoms. The van der Waals surface area contributed by atoms with Crippen LogP contribution in [0.1, 0.15) is 6.92 Å². The first-order valence-electron chi connectivity index (χ1n) is 7.21. The Morgan fingerprint density at radius 2 is 1.95 bits per heavy atom. The molecule has 1 aliphatic rings. The number of nitrogens with one attached hydrogen (secondary N) is 1. The summed E-state index contributed by atoms with van der Waals surface area (Å²) < 4.78 is 5.15. The third kappa shape index (κ3) is 3.90. The van der Waals surface area contributed by atoms with Gasteiger partial charge in [-0.05, 0) is 24.7 Å². The maximum absolute atomic E-state index is 12.2. The predicted octanol–water partition coefficient (Wildman–Crippen LogP) is 1.45. The quantitative estimate of drug-likeness (QED) is 0.855. The van der Waals surface area contributed by atoms with Crippen LogP contribution in [0.5, 0.6) is 5.75 Å². The lowest BCUT2D eigenvalue weighted by atomic mass is 10.2. The zero-order valence-corrected chi connectivity index (χ0v) is 13.5. The van der Waals surface area contributed by atoms with Crippen LogP contribution >= 0.6 is 11.6 Å². The van der Waals surface area contributed by atoms with Gasteiger partial charge in [-0.3, -0.25) is 9.59 Å². The topological polar surface area (TPSA) is 61.9 Å². The summed E-state index contributed by atoms with van der Waals surface area (Å²) in [5.74, 6) is -0.746. The van der Waals surface area contributed by atoms with Crippen LogP contribution in [-0.4, -0.2) is 61.4 Å². The largest absolute Gasteiger partial charge is 0.495 e. The summed E-state index contributed by atoms with van der Waals surface area (Å²) in [6, 6.07) is 4.85. The molecule has 0 saturated carbocycles. The van der Waals surface area contributed by atoms with E-state index in [1.807, 2.05) is 0 Å². The number of anilines is 1. The van der Waals surface area contributed by atoms with Gasteiger partial charge in [-0.25, -0.2) is 0 Å². The summed E-state index contributed by atoms with van der Waals surface area (Å²) in [6.07, 6.45) is 0. The Kier molecular flexibility index (Phi) is 5.63. The molecule has 120 valence electrons. The number of methoxy groups -OCH3 is 1.